The lowest BCUT2D eigenvalue weighted by molar-refractivity contribution is 0.369. The molecule has 0 atom stereocenters. The number of aromatic nitrogens is 1. The fourth-order valence-corrected chi connectivity index (χ4v) is 2.20. The van der Waals surface area contributed by atoms with Crippen LogP contribution in [0.2, 0.25) is 0 Å². The van der Waals surface area contributed by atoms with E-state index in [2.05, 4.69) is 34.7 Å². The van der Waals surface area contributed by atoms with Gasteiger partial charge in [-0.15, -0.1) is 0 Å². The summed E-state index contributed by atoms with van der Waals surface area (Å²) in [6.07, 6.45) is 2.71. The standard InChI is InChI=1S/C15H18N2O/c1-11-7-15(18-17-11)10-16-9-12-3-2-4-14(8-12)13-5-6-13/h2-4,7-8,13,16H,5-6,9-10H2,1H3. The highest BCUT2D eigenvalue weighted by atomic mass is 16.5. The molecule has 1 aliphatic rings. The molecule has 0 aliphatic heterocycles. The van der Waals surface area contributed by atoms with Gasteiger partial charge < -0.3 is 9.84 Å². The fraction of sp³-hybridized carbons (Fsp3) is 0.400. The number of hydrogen-bond acceptors (Lipinski definition) is 3. The largest absolute Gasteiger partial charge is 0.360 e. The van der Waals surface area contributed by atoms with Crippen molar-refractivity contribution in [2.75, 3.05) is 0 Å². The van der Waals surface area contributed by atoms with Crippen molar-refractivity contribution in [1.82, 2.24) is 10.5 Å². The molecule has 1 aliphatic carbocycles. The molecule has 1 fully saturated rings. The van der Waals surface area contributed by atoms with Crippen molar-refractivity contribution >= 4 is 0 Å². The maximum absolute atomic E-state index is 5.16. The van der Waals surface area contributed by atoms with Gasteiger partial charge in [-0.25, -0.2) is 0 Å². The molecule has 3 rings (SSSR count). The Morgan fingerprint density at radius 1 is 1.28 bits per heavy atom. The summed E-state index contributed by atoms with van der Waals surface area (Å²) in [5.74, 6) is 1.72. The van der Waals surface area contributed by atoms with Crippen LogP contribution in [0.3, 0.4) is 0 Å². The summed E-state index contributed by atoms with van der Waals surface area (Å²) in [6.45, 7) is 3.54. The Labute approximate surface area is 107 Å². The zero-order valence-corrected chi connectivity index (χ0v) is 10.6. The number of aryl methyl sites for hydroxylation is 1. The van der Waals surface area contributed by atoms with Gasteiger partial charge in [-0.3, -0.25) is 0 Å². The average molecular weight is 242 g/mol. The lowest BCUT2D eigenvalue weighted by Crippen LogP contribution is -2.12. The van der Waals surface area contributed by atoms with Gasteiger partial charge in [0, 0.05) is 12.6 Å². The Kier molecular flexibility index (Phi) is 3.15. The van der Waals surface area contributed by atoms with Crippen LogP contribution in [0, 0.1) is 6.92 Å². The quantitative estimate of drug-likeness (QED) is 0.875. The van der Waals surface area contributed by atoms with E-state index in [9.17, 15) is 0 Å². The molecule has 0 amide bonds. The molecule has 1 N–H and O–H groups in total. The molecule has 18 heavy (non-hydrogen) atoms. The van der Waals surface area contributed by atoms with Crippen LogP contribution in [0.15, 0.2) is 34.9 Å². The van der Waals surface area contributed by atoms with Gasteiger partial charge >= 0.3 is 0 Å². The van der Waals surface area contributed by atoms with Crippen LogP contribution in [-0.4, -0.2) is 5.16 Å². The van der Waals surface area contributed by atoms with Gasteiger partial charge in [-0.05, 0) is 36.8 Å². The average Bonchev–Trinajstić information content (AvgIpc) is 3.14. The van der Waals surface area contributed by atoms with Gasteiger partial charge in [0.05, 0.1) is 12.2 Å². The van der Waals surface area contributed by atoms with Gasteiger partial charge in [0.2, 0.25) is 0 Å². The Morgan fingerprint density at radius 2 is 2.17 bits per heavy atom. The van der Waals surface area contributed by atoms with Crippen LogP contribution in [0.5, 0.6) is 0 Å². The summed E-state index contributed by atoms with van der Waals surface area (Å²) < 4.78 is 5.16. The Morgan fingerprint density at radius 3 is 2.89 bits per heavy atom. The van der Waals surface area contributed by atoms with E-state index in [0.717, 1.165) is 30.5 Å². The van der Waals surface area contributed by atoms with Crippen LogP contribution < -0.4 is 5.32 Å². The summed E-state index contributed by atoms with van der Waals surface area (Å²) in [4.78, 5) is 0. The van der Waals surface area contributed by atoms with E-state index in [1.54, 1.807) is 0 Å². The molecule has 0 saturated heterocycles. The number of benzene rings is 1. The third kappa shape index (κ3) is 2.79. The molecular weight excluding hydrogens is 224 g/mol. The third-order valence-electron chi connectivity index (χ3n) is 3.30. The first-order valence-corrected chi connectivity index (χ1v) is 6.53. The van der Waals surface area contributed by atoms with E-state index in [0.29, 0.717) is 0 Å². The predicted molar refractivity (Wildman–Crippen MR) is 70.2 cm³/mol. The van der Waals surface area contributed by atoms with Gasteiger partial charge in [-0.1, -0.05) is 29.4 Å². The number of hydrogen-bond donors (Lipinski definition) is 1. The van der Waals surface area contributed by atoms with Crippen LogP contribution in [0.4, 0.5) is 0 Å². The van der Waals surface area contributed by atoms with Crippen LogP contribution in [-0.2, 0) is 13.1 Å². The lowest BCUT2D eigenvalue weighted by atomic mass is 10.1. The number of rotatable bonds is 5. The van der Waals surface area contributed by atoms with Crippen molar-refractivity contribution in [3.63, 3.8) is 0 Å². The zero-order chi connectivity index (χ0) is 12.4. The second kappa shape index (κ2) is 4.94. The molecule has 0 radical (unpaired) electrons. The maximum Gasteiger partial charge on any atom is 0.150 e. The lowest BCUT2D eigenvalue weighted by Gasteiger charge is -2.05. The Bertz CT molecular complexity index is 529. The predicted octanol–water partition coefficient (Wildman–Crippen LogP) is 3.15. The van der Waals surface area contributed by atoms with Crippen LogP contribution >= 0.6 is 0 Å². The van der Waals surface area contributed by atoms with Crippen molar-refractivity contribution in [3.8, 4) is 0 Å². The summed E-state index contributed by atoms with van der Waals surface area (Å²) in [7, 11) is 0. The first-order chi connectivity index (χ1) is 8.81. The molecule has 1 saturated carbocycles. The normalized spacial score (nSPS) is 14.9. The summed E-state index contributed by atoms with van der Waals surface area (Å²) in [5, 5.41) is 7.26. The molecule has 0 bridgehead atoms. The van der Waals surface area contributed by atoms with Crippen LogP contribution in [0.1, 0.15) is 41.3 Å². The van der Waals surface area contributed by atoms with E-state index in [4.69, 9.17) is 4.52 Å². The van der Waals surface area contributed by atoms with E-state index in [1.807, 2.05) is 13.0 Å². The van der Waals surface area contributed by atoms with Crippen molar-refractivity contribution in [1.29, 1.82) is 0 Å². The Hall–Kier alpha value is -1.61. The van der Waals surface area contributed by atoms with Gasteiger partial charge in [-0.2, -0.15) is 0 Å². The highest BCUT2D eigenvalue weighted by Gasteiger charge is 2.23. The highest BCUT2D eigenvalue weighted by molar-refractivity contribution is 5.29. The molecule has 1 aromatic carbocycles. The van der Waals surface area contributed by atoms with Crippen molar-refractivity contribution in [3.05, 3.63) is 52.9 Å². The highest BCUT2D eigenvalue weighted by Crippen LogP contribution is 2.40. The SMILES string of the molecule is Cc1cc(CNCc2cccc(C3CC3)c2)on1. The summed E-state index contributed by atoms with van der Waals surface area (Å²) in [6, 6.07) is 10.8. The smallest absolute Gasteiger partial charge is 0.150 e. The number of nitrogens with zero attached hydrogens (tertiary/aromatic N) is 1. The van der Waals surface area contributed by atoms with Crippen LogP contribution in [0.25, 0.3) is 0 Å². The van der Waals surface area contributed by atoms with E-state index < -0.39 is 0 Å². The maximum atomic E-state index is 5.16. The van der Waals surface area contributed by atoms with Gasteiger partial charge in [0.25, 0.3) is 0 Å². The molecule has 1 heterocycles. The van der Waals surface area contributed by atoms with Gasteiger partial charge in [0.15, 0.2) is 5.76 Å². The molecule has 94 valence electrons. The number of nitrogens with one attached hydrogen (secondary N) is 1. The summed E-state index contributed by atoms with van der Waals surface area (Å²) >= 11 is 0. The fourth-order valence-electron chi connectivity index (χ4n) is 2.20. The van der Waals surface area contributed by atoms with Crippen molar-refractivity contribution in [2.45, 2.75) is 38.8 Å². The summed E-state index contributed by atoms with van der Waals surface area (Å²) in [5.41, 5.74) is 3.77. The van der Waals surface area contributed by atoms with E-state index in [-0.39, 0.29) is 0 Å². The minimum atomic E-state index is 0.731. The molecule has 3 heteroatoms. The second-order valence-electron chi connectivity index (χ2n) is 5.06. The van der Waals surface area contributed by atoms with Crippen molar-refractivity contribution in [2.24, 2.45) is 0 Å². The Balaban J connectivity index is 1.54. The van der Waals surface area contributed by atoms with E-state index in [1.165, 1.54) is 24.0 Å². The molecule has 0 spiro atoms. The molecular formula is C15H18N2O. The first-order valence-electron chi connectivity index (χ1n) is 6.53. The second-order valence-corrected chi connectivity index (χ2v) is 5.06. The topological polar surface area (TPSA) is 38.1 Å². The van der Waals surface area contributed by atoms with E-state index >= 15 is 0 Å². The molecule has 0 unspecified atom stereocenters. The van der Waals surface area contributed by atoms with Gasteiger partial charge in [0.1, 0.15) is 0 Å². The molecule has 1 aromatic heterocycles. The minimum absolute atomic E-state index is 0.731. The molecule has 2 aromatic rings. The monoisotopic (exact) mass is 242 g/mol. The minimum Gasteiger partial charge on any atom is -0.360 e. The molecule has 3 nitrogen and oxygen atoms in total. The third-order valence-corrected chi connectivity index (χ3v) is 3.30. The first kappa shape index (κ1) is 11.5. The zero-order valence-electron chi connectivity index (χ0n) is 10.6. The van der Waals surface area contributed by atoms with Crippen molar-refractivity contribution < 1.29 is 4.52 Å².